The minimum Gasteiger partial charge on any atom is -0.336 e. The third-order valence-corrected chi connectivity index (χ3v) is 6.25. The van der Waals surface area contributed by atoms with E-state index in [9.17, 15) is 9.59 Å². The lowest BCUT2D eigenvalue weighted by atomic mass is 10.0. The first kappa shape index (κ1) is 20.2. The van der Waals surface area contributed by atoms with Crippen LogP contribution in [-0.4, -0.2) is 62.7 Å². The van der Waals surface area contributed by atoms with E-state index >= 15 is 0 Å². The monoisotopic (exact) mass is 428 g/mol. The molecule has 8 heteroatoms. The van der Waals surface area contributed by atoms with Crippen LogP contribution in [0.3, 0.4) is 0 Å². The highest BCUT2D eigenvalue weighted by atomic mass is 16.2. The first-order valence-electron chi connectivity index (χ1n) is 10.9. The molecule has 0 radical (unpaired) electrons. The van der Waals surface area contributed by atoms with Gasteiger partial charge in [0.15, 0.2) is 5.82 Å². The number of nitrogens with zero attached hydrogens (tertiary/aromatic N) is 5. The maximum Gasteiger partial charge on any atom is 0.273 e. The fourth-order valence-electron chi connectivity index (χ4n) is 4.30. The van der Waals surface area contributed by atoms with Crippen LogP contribution in [0.25, 0.3) is 17.1 Å². The van der Waals surface area contributed by atoms with Crippen LogP contribution in [0.2, 0.25) is 0 Å². The molecule has 2 aromatic heterocycles. The molecule has 8 nitrogen and oxygen atoms in total. The lowest BCUT2D eigenvalue weighted by Crippen LogP contribution is -2.49. The van der Waals surface area contributed by atoms with Gasteiger partial charge in [-0.2, -0.15) is 5.26 Å². The van der Waals surface area contributed by atoms with Crippen LogP contribution < -0.4 is 5.56 Å². The number of aromatic amines is 1. The van der Waals surface area contributed by atoms with Crippen molar-refractivity contribution in [3.05, 3.63) is 69.6 Å². The molecule has 1 saturated heterocycles. The van der Waals surface area contributed by atoms with Crippen LogP contribution in [0.4, 0.5) is 0 Å². The second-order valence-corrected chi connectivity index (χ2v) is 8.45. The number of hydrogen-bond donors (Lipinski definition) is 1. The number of carbonyl (C=O) groups excluding carboxylic acids is 1. The number of piperazine rings is 1. The molecule has 5 rings (SSSR count). The summed E-state index contributed by atoms with van der Waals surface area (Å²) in [5.41, 5.74) is 3.24. The Balaban J connectivity index is 1.33. The third kappa shape index (κ3) is 3.83. The average molecular weight is 428 g/mol. The number of aryl methyl sites for hydroxylation is 1. The van der Waals surface area contributed by atoms with Crippen molar-refractivity contribution in [3.63, 3.8) is 0 Å². The standard InChI is InChI=1S/C24H24N6O2/c1-16-12-17(14-25)2-6-20(16)21-13-23(31)30(27-21)22-7-3-18(15-26-22)24(32)29-10-8-28(9-11-29)19-4-5-19/h2-3,6-7,12-13,15,19,27H,4-5,8-11H2,1H3. The molecule has 1 aliphatic carbocycles. The molecule has 0 atom stereocenters. The van der Waals surface area contributed by atoms with Crippen LogP contribution in [-0.2, 0) is 0 Å². The van der Waals surface area contributed by atoms with Crippen molar-refractivity contribution < 1.29 is 4.79 Å². The fraction of sp³-hybridized carbons (Fsp3) is 0.333. The predicted octanol–water partition coefficient (Wildman–Crippen LogP) is 2.33. The van der Waals surface area contributed by atoms with Crippen molar-refractivity contribution in [1.29, 1.82) is 5.26 Å². The number of hydrogen-bond acceptors (Lipinski definition) is 5. The SMILES string of the molecule is Cc1cc(C#N)ccc1-c1cc(=O)n(-c2ccc(C(=O)N3CCN(C4CC4)CC3)cn2)[nH]1. The van der Waals surface area contributed by atoms with Gasteiger partial charge in [-0.1, -0.05) is 6.07 Å². The second kappa shape index (κ2) is 8.09. The zero-order valence-corrected chi connectivity index (χ0v) is 17.9. The maximum absolute atomic E-state index is 12.9. The van der Waals surface area contributed by atoms with Gasteiger partial charge in [0.25, 0.3) is 11.5 Å². The van der Waals surface area contributed by atoms with E-state index in [0.717, 1.165) is 43.3 Å². The van der Waals surface area contributed by atoms with E-state index in [4.69, 9.17) is 5.26 Å². The summed E-state index contributed by atoms with van der Waals surface area (Å²) in [4.78, 5) is 34.1. The molecule has 1 aromatic carbocycles. The van der Waals surface area contributed by atoms with Gasteiger partial charge in [0.05, 0.1) is 22.9 Å². The molecule has 162 valence electrons. The van der Waals surface area contributed by atoms with E-state index in [1.807, 2.05) is 17.9 Å². The van der Waals surface area contributed by atoms with E-state index in [1.165, 1.54) is 29.8 Å². The summed E-state index contributed by atoms with van der Waals surface area (Å²) in [5.74, 6) is 0.398. The minimum absolute atomic E-state index is 0.0211. The number of benzene rings is 1. The Bertz CT molecular complexity index is 1250. The lowest BCUT2D eigenvalue weighted by molar-refractivity contribution is 0.0627. The number of rotatable bonds is 4. The van der Waals surface area contributed by atoms with E-state index in [2.05, 4.69) is 21.1 Å². The van der Waals surface area contributed by atoms with E-state index in [-0.39, 0.29) is 11.5 Å². The maximum atomic E-state index is 12.9. The summed E-state index contributed by atoms with van der Waals surface area (Å²) in [7, 11) is 0. The number of amides is 1. The first-order valence-corrected chi connectivity index (χ1v) is 10.9. The molecule has 2 fully saturated rings. The Labute approximate surface area is 185 Å². The second-order valence-electron chi connectivity index (χ2n) is 8.45. The van der Waals surface area contributed by atoms with Crippen LogP contribution in [0, 0.1) is 18.3 Å². The van der Waals surface area contributed by atoms with Crippen LogP contribution in [0.1, 0.15) is 34.3 Å². The molecule has 1 saturated carbocycles. The first-order chi connectivity index (χ1) is 15.5. The molecular weight excluding hydrogens is 404 g/mol. The van der Waals surface area contributed by atoms with E-state index in [0.29, 0.717) is 22.6 Å². The number of aromatic nitrogens is 3. The van der Waals surface area contributed by atoms with Gasteiger partial charge in [-0.3, -0.25) is 19.6 Å². The molecule has 1 N–H and O–H groups in total. The summed E-state index contributed by atoms with van der Waals surface area (Å²) in [5, 5.41) is 12.1. The Hall–Kier alpha value is -3.70. The Morgan fingerprint density at radius 1 is 1.12 bits per heavy atom. The lowest BCUT2D eigenvalue weighted by Gasteiger charge is -2.34. The summed E-state index contributed by atoms with van der Waals surface area (Å²) < 4.78 is 1.36. The topological polar surface area (TPSA) is 98.0 Å². The van der Waals surface area contributed by atoms with E-state index in [1.54, 1.807) is 24.3 Å². The summed E-state index contributed by atoms with van der Waals surface area (Å²) in [6, 6.07) is 13.1. The highest BCUT2D eigenvalue weighted by molar-refractivity contribution is 5.94. The van der Waals surface area contributed by atoms with Crippen LogP contribution in [0.5, 0.6) is 0 Å². The summed E-state index contributed by atoms with van der Waals surface area (Å²) >= 11 is 0. The van der Waals surface area contributed by atoms with Gasteiger partial charge in [-0.15, -0.1) is 0 Å². The number of H-pyrrole nitrogens is 1. The van der Waals surface area contributed by atoms with Gasteiger partial charge < -0.3 is 4.90 Å². The quantitative estimate of drug-likeness (QED) is 0.688. The molecule has 0 unspecified atom stereocenters. The normalized spacial score (nSPS) is 16.7. The number of nitrogens with one attached hydrogen (secondary N) is 1. The molecule has 1 aliphatic heterocycles. The average Bonchev–Trinajstić information content (AvgIpc) is 3.60. The zero-order valence-electron chi connectivity index (χ0n) is 17.9. The van der Waals surface area contributed by atoms with Crippen molar-refractivity contribution >= 4 is 5.91 Å². The highest BCUT2D eigenvalue weighted by Crippen LogP contribution is 2.27. The Morgan fingerprint density at radius 3 is 2.53 bits per heavy atom. The van der Waals surface area contributed by atoms with Gasteiger partial charge in [0.2, 0.25) is 0 Å². The molecule has 1 amide bonds. The summed E-state index contributed by atoms with van der Waals surface area (Å²) in [6.45, 7) is 5.23. The van der Waals surface area contributed by atoms with Crippen molar-refractivity contribution in [2.75, 3.05) is 26.2 Å². The fourth-order valence-corrected chi connectivity index (χ4v) is 4.30. The van der Waals surface area contributed by atoms with Crippen molar-refractivity contribution in [3.8, 4) is 23.1 Å². The largest absolute Gasteiger partial charge is 0.336 e. The highest BCUT2D eigenvalue weighted by Gasteiger charge is 2.32. The predicted molar refractivity (Wildman–Crippen MR) is 120 cm³/mol. The zero-order chi connectivity index (χ0) is 22.2. The molecule has 32 heavy (non-hydrogen) atoms. The van der Waals surface area contributed by atoms with E-state index < -0.39 is 0 Å². The van der Waals surface area contributed by atoms with Crippen molar-refractivity contribution in [2.45, 2.75) is 25.8 Å². The molecule has 3 aromatic rings. The van der Waals surface area contributed by atoms with Crippen LogP contribution in [0.15, 0.2) is 47.4 Å². The molecule has 0 bridgehead atoms. The van der Waals surface area contributed by atoms with Crippen molar-refractivity contribution in [1.82, 2.24) is 24.6 Å². The van der Waals surface area contributed by atoms with Gasteiger partial charge >= 0.3 is 0 Å². The third-order valence-electron chi connectivity index (χ3n) is 6.25. The van der Waals surface area contributed by atoms with Gasteiger partial charge in [0.1, 0.15) is 0 Å². The van der Waals surface area contributed by atoms with Gasteiger partial charge in [-0.25, -0.2) is 9.67 Å². The Morgan fingerprint density at radius 2 is 1.91 bits per heavy atom. The molecule has 0 spiro atoms. The Kier molecular flexibility index (Phi) is 5.11. The minimum atomic E-state index is -0.244. The molecule has 3 heterocycles. The van der Waals surface area contributed by atoms with Gasteiger partial charge in [0, 0.05) is 50.0 Å². The number of nitriles is 1. The number of pyridine rings is 1. The van der Waals surface area contributed by atoms with Gasteiger partial charge in [-0.05, 0) is 49.6 Å². The molecule has 2 aliphatic rings. The smallest absolute Gasteiger partial charge is 0.273 e. The van der Waals surface area contributed by atoms with Crippen molar-refractivity contribution in [2.24, 2.45) is 0 Å². The van der Waals surface area contributed by atoms with Crippen LogP contribution >= 0.6 is 0 Å². The number of carbonyl (C=O) groups is 1. The molecular formula is C24H24N6O2. The summed E-state index contributed by atoms with van der Waals surface area (Å²) in [6.07, 6.45) is 4.10.